The van der Waals surface area contributed by atoms with Gasteiger partial charge in [-0.15, -0.1) is 3.89 Å². The Morgan fingerprint density at radius 3 is 2.25 bits per heavy atom. The molecule has 0 fully saturated rings. The van der Waals surface area contributed by atoms with E-state index in [1.807, 2.05) is 19.6 Å². The standard InChI is InChI=1S/C13H18BrFO3SSi/c1-9(16)13(20(2,3)4)10-6-5-7-12(11(10)8-14)19(15,17)18/h5-7,13H,8H2,1-4H3. The second-order valence-electron chi connectivity index (χ2n) is 5.81. The number of ketones is 1. The van der Waals surface area contributed by atoms with Crippen LogP contribution in [0.5, 0.6) is 0 Å². The molecule has 0 aliphatic heterocycles. The third-order valence-corrected chi connectivity index (χ3v) is 7.07. The summed E-state index contributed by atoms with van der Waals surface area (Å²) < 4.78 is 35.9. The fourth-order valence-corrected chi connectivity index (χ4v) is 6.48. The minimum absolute atomic E-state index is 0.0141. The fourth-order valence-electron chi connectivity index (χ4n) is 2.52. The number of carbonyl (C=O) groups excluding carboxylic acids is 1. The molecular formula is C13H18BrFO3SSi. The van der Waals surface area contributed by atoms with Crippen molar-refractivity contribution in [3.05, 3.63) is 29.3 Å². The Labute approximate surface area is 128 Å². The van der Waals surface area contributed by atoms with Crippen LogP contribution < -0.4 is 0 Å². The highest BCUT2D eigenvalue weighted by Gasteiger charge is 2.35. The number of rotatable bonds is 5. The molecule has 0 N–H and O–H groups in total. The first-order valence-electron chi connectivity index (χ1n) is 6.13. The Morgan fingerprint density at radius 2 is 1.90 bits per heavy atom. The maximum Gasteiger partial charge on any atom is 0.332 e. The lowest BCUT2D eigenvalue weighted by atomic mass is 10.0. The number of Topliss-reactive ketones (excluding diaryl/α,β-unsaturated/α-hetero) is 1. The average molecular weight is 381 g/mol. The zero-order valence-corrected chi connectivity index (χ0v) is 15.3. The van der Waals surface area contributed by atoms with Gasteiger partial charge in [-0.05, 0) is 24.1 Å². The highest BCUT2D eigenvalue weighted by molar-refractivity contribution is 9.08. The van der Waals surface area contributed by atoms with Gasteiger partial charge in [0.05, 0.1) is 8.07 Å². The van der Waals surface area contributed by atoms with Crippen LogP contribution in [0, 0.1) is 0 Å². The summed E-state index contributed by atoms with van der Waals surface area (Å²) in [7, 11) is -6.71. The lowest BCUT2D eigenvalue weighted by Crippen LogP contribution is -2.36. The number of hydrogen-bond acceptors (Lipinski definition) is 3. The third kappa shape index (κ3) is 3.77. The monoisotopic (exact) mass is 380 g/mol. The smallest absolute Gasteiger partial charge is 0.300 e. The van der Waals surface area contributed by atoms with Gasteiger partial charge in [-0.25, -0.2) is 0 Å². The topological polar surface area (TPSA) is 51.2 Å². The fraction of sp³-hybridized carbons (Fsp3) is 0.462. The van der Waals surface area contributed by atoms with E-state index in [9.17, 15) is 17.1 Å². The molecule has 0 bridgehead atoms. The zero-order valence-electron chi connectivity index (χ0n) is 11.9. The molecule has 7 heteroatoms. The van der Waals surface area contributed by atoms with Crippen LogP contribution in [-0.4, -0.2) is 22.3 Å². The van der Waals surface area contributed by atoms with E-state index in [2.05, 4.69) is 15.9 Å². The van der Waals surface area contributed by atoms with E-state index in [0.717, 1.165) is 0 Å². The summed E-state index contributed by atoms with van der Waals surface area (Å²) in [5, 5.41) is 0.190. The van der Waals surface area contributed by atoms with Gasteiger partial charge in [0.1, 0.15) is 10.7 Å². The molecule has 0 heterocycles. The summed E-state index contributed by atoms with van der Waals surface area (Å²) in [6, 6.07) is 4.44. The van der Waals surface area contributed by atoms with Gasteiger partial charge in [0.15, 0.2) is 0 Å². The maximum atomic E-state index is 13.4. The molecule has 0 aliphatic rings. The molecule has 1 unspecified atom stereocenters. The lowest BCUT2D eigenvalue weighted by Gasteiger charge is -2.29. The molecule has 1 atom stereocenters. The largest absolute Gasteiger partial charge is 0.332 e. The summed E-state index contributed by atoms with van der Waals surface area (Å²) >= 11 is 3.21. The minimum atomic E-state index is -4.80. The molecule has 0 aliphatic carbocycles. The van der Waals surface area contributed by atoms with E-state index >= 15 is 0 Å². The number of halogens is 2. The first kappa shape index (κ1) is 17.5. The van der Waals surface area contributed by atoms with Gasteiger partial charge < -0.3 is 0 Å². The van der Waals surface area contributed by atoms with Crippen LogP contribution in [0.2, 0.25) is 19.6 Å². The van der Waals surface area contributed by atoms with Gasteiger partial charge in [-0.1, -0.05) is 47.7 Å². The van der Waals surface area contributed by atoms with Crippen LogP contribution >= 0.6 is 15.9 Å². The Balaban J connectivity index is 3.65. The van der Waals surface area contributed by atoms with Crippen molar-refractivity contribution in [3.8, 4) is 0 Å². The molecule has 0 saturated carbocycles. The molecular weight excluding hydrogens is 363 g/mol. The van der Waals surface area contributed by atoms with Crippen molar-refractivity contribution in [1.29, 1.82) is 0 Å². The first-order valence-corrected chi connectivity index (χ1v) is 12.2. The van der Waals surface area contributed by atoms with E-state index in [1.165, 1.54) is 19.1 Å². The van der Waals surface area contributed by atoms with Gasteiger partial charge in [0, 0.05) is 10.9 Å². The molecule has 1 aromatic rings. The SMILES string of the molecule is CC(=O)C(c1cccc(S(=O)(=O)F)c1CBr)[Si](C)(C)C. The van der Waals surface area contributed by atoms with E-state index in [0.29, 0.717) is 11.1 Å². The average Bonchev–Trinajstić information content (AvgIpc) is 2.25. The highest BCUT2D eigenvalue weighted by Crippen LogP contribution is 2.34. The van der Waals surface area contributed by atoms with Crippen LogP contribution in [-0.2, 0) is 20.3 Å². The van der Waals surface area contributed by atoms with Crippen molar-refractivity contribution in [2.24, 2.45) is 0 Å². The van der Waals surface area contributed by atoms with Crippen LogP contribution in [0.4, 0.5) is 3.89 Å². The molecule has 0 radical (unpaired) electrons. The summed E-state index contributed by atoms with van der Waals surface area (Å²) in [6.07, 6.45) is 0. The molecule has 1 aromatic carbocycles. The molecule has 1 rings (SSSR count). The van der Waals surface area contributed by atoms with Gasteiger partial charge in [0.25, 0.3) is 0 Å². The van der Waals surface area contributed by atoms with Crippen molar-refractivity contribution >= 4 is 40.0 Å². The zero-order chi connectivity index (χ0) is 15.7. The second-order valence-corrected chi connectivity index (χ2v) is 13.0. The Morgan fingerprint density at radius 1 is 1.35 bits per heavy atom. The second kappa shape index (κ2) is 6.07. The van der Waals surface area contributed by atoms with Gasteiger partial charge >= 0.3 is 10.2 Å². The number of benzene rings is 1. The number of carbonyl (C=O) groups is 1. The number of hydrogen-bond donors (Lipinski definition) is 0. The summed E-state index contributed by atoms with van der Waals surface area (Å²) in [5.74, 6) is -0.0141. The maximum absolute atomic E-state index is 13.4. The Bertz CT molecular complexity index is 623. The third-order valence-electron chi connectivity index (χ3n) is 3.15. The molecule has 0 spiro atoms. The normalized spacial score (nSPS) is 14.1. The summed E-state index contributed by atoms with van der Waals surface area (Å²) in [6.45, 7) is 7.60. The Hall–Kier alpha value is -0.533. The minimum Gasteiger partial charge on any atom is -0.300 e. The van der Waals surface area contributed by atoms with Crippen LogP contribution in [0.25, 0.3) is 0 Å². The van der Waals surface area contributed by atoms with Crippen molar-refractivity contribution < 1.29 is 17.1 Å². The molecule has 20 heavy (non-hydrogen) atoms. The molecule has 0 aromatic heterocycles. The van der Waals surface area contributed by atoms with Gasteiger partial charge in [-0.2, -0.15) is 8.42 Å². The quantitative estimate of drug-likeness (QED) is 0.443. The van der Waals surface area contributed by atoms with Crippen LogP contribution in [0.1, 0.15) is 23.6 Å². The molecule has 0 saturated heterocycles. The van der Waals surface area contributed by atoms with E-state index in [1.54, 1.807) is 6.07 Å². The van der Waals surface area contributed by atoms with Crippen molar-refractivity contribution in [1.82, 2.24) is 0 Å². The molecule has 3 nitrogen and oxygen atoms in total. The molecule has 112 valence electrons. The number of alkyl halides is 1. The first-order chi connectivity index (χ1) is 9.00. The van der Waals surface area contributed by atoms with Gasteiger partial charge in [-0.3, -0.25) is 4.79 Å². The van der Waals surface area contributed by atoms with E-state index in [-0.39, 0.29) is 21.5 Å². The van der Waals surface area contributed by atoms with Crippen LogP contribution in [0.15, 0.2) is 23.1 Å². The highest BCUT2D eigenvalue weighted by atomic mass is 79.9. The predicted molar refractivity (Wildman–Crippen MR) is 84.1 cm³/mol. The van der Waals surface area contributed by atoms with Crippen LogP contribution in [0.3, 0.4) is 0 Å². The van der Waals surface area contributed by atoms with E-state index < -0.39 is 18.3 Å². The summed E-state index contributed by atoms with van der Waals surface area (Å²) in [5.41, 5.74) is 0.613. The Kier molecular flexibility index (Phi) is 5.32. The van der Waals surface area contributed by atoms with Crippen molar-refractivity contribution in [2.45, 2.75) is 42.3 Å². The van der Waals surface area contributed by atoms with Crippen molar-refractivity contribution in [3.63, 3.8) is 0 Å². The van der Waals surface area contributed by atoms with Crippen molar-refractivity contribution in [2.75, 3.05) is 0 Å². The van der Waals surface area contributed by atoms with E-state index in [4.69, 9.17) is 0 Å². The molecule has 0 amide bonds. The summed E-state index contributed by atoms with van der Waals surface area (Å²) in [4.78, 5) is 11.6. The van der Waals surface area contributed by atoms with Gasteiger partial charge in [0.2, 0.25) is 0 Å². The lowest BCUT2D eigenvalue weighted by molar-refractivity contribution is -0.117. The predicted octanol–water partition coefficient (Wildman–Crippen LogP) is 3.79.